The van der Waals surface area contributed by atoms with Gasteiger partial charge in [0.1, 0.15) is 0 Å². The van der Waals surface area contributed by atoms with Crippen LogP contribution in [0.3, 0.4) is 0 Å². The van der Waals surface area contributed by atoms with Crippen LogP contribution in [0.2, 0.25) is 0 Å². The van der Waals surface area contributed by atoms with Crippen molar-refractivity contribution < 1.29 is 14.7 Å². The molecule has 2 amide bonds. The van der Waals surface area contributed by atoms with Crippen molar-refractivity contribution in [3.8, 4) is 0 Å². The molecule has 1 aliphatic heterocycles. The smallest absolute Gasteiger partial charge is 0.407 e. The summed E-state index contributed by atoms with van der Waals surface area (Å²) in [7, 11) is 0. The van der Waals surface area contributed by atoms with E-state index in [9.17, 15) is 14.4 Å². The van der Waals surface area contributed by atoms with Gasteiger partial charge in [-0.2, -0.15) is 0 Å². The van der Waals surface area contributed by atoms with Gasteiger partial charge < -0.3 is 20.3 Å². The van der Waals surface area contributed by atoms with Gasteiger partial charge in [-0.25, -0.2) is 4.79 Å². The van der Waals surface area contributed by atoms with Gasteiger partial charge in [0.25, 0.3) is 5.91 Å². The van der Waals surface area contributed by atoms with Crippen LogP contribution in [-0.2, 0) is 0 Å². The van der Waals surface area contributed by atoms with Crippen molar-refractivity contribution in [3.05, 3.63) is 34.2 Å². The molecule has 7 nitrogen and oxygen atoms in total. The first-order valence-corrected chi connectivity index (χ1v) is 6.51. The minimum atomic E-state index is -0.888. The molecule has 1 aliphatic rings. The van der Waals surface area contributed by atoms with Crippen LogP contribution in [0.4, 0.5) is 4.79 Å². The Kier molecular flexibility index (Phi) is 4.39. The third kappa shape index (κ3) is 3.59. The van der Waals surface area contributed by atoms with Crippen molar-refractivity contribution in [2.24, 2.45) is 5.92 Å². The van der Waals surface area contributed by atoms with E-state index in [1.807, 2.05) is 0 Å². The quantitative estimate of drug-likeness (QED) is 0.749. The molecule has 0 bridgehead atoms. The zero-order valence-corrected chi connectivity index (χ0v) is 11.0. The number of pyridine rings is 1. The molecule has 108 valence electrons. The molecule has 0 aliphatic carbocycles. The summed E-state index contributed by atoms with van der Waals surface area (Å²) in [6.07, 6.45) is 1.99. The molecule has 0 aromatic carbocycles. The Morgan fingerprint density at radius 2 is 2.05 bits per heavy atom. The number of nitrogens with zero attached hydrogens (tertiary/aromatic N) is 1. The van der Waals surface area contributed by atoms with E-state index >= 15 is 0 Å². The number of carboxylic acid groups (broad SMARTS) is 1. The second-order valence-electron chi connectivity index (χ2n) is 4.86. The van der Waals surface area contributed by atoms with E-state index in [1.54, 1.807) is 0 Å². The number of hydrogen-bond donors (Lipinski definition) is 3. The van der Waals surface area contributed by atoms with Crippen LogP contribution in [-0.4, -0.2) is 46.6 Å². The molecule has 20 heavy (non-hydrogen) atoms. The molecule has 2 rings (SSSR count). The van der Waals surface area contributed by atoms with E-state index in [0.717, 1.165) is 12.8 Å². The third-order valence-electron chi connectivity index (χ3n) is 3.48. The van der Waals surface area contributed by atoms with Gasteiger partial charge in [0.15, 0.2) is 0 Å². The summed E-state index contributed by atoms with van der Waals surface area (Å²) >= 11 is 0. The Bertz CT molecular complexity index is 526. The highest BCUT2D eigenvalue weighted by atomic mass is 16.4. The first-order valence-electron chi connectivity index (χ1n) is 6.51. The molecule has 3 N–H and O–H groups in total. The molecule has 0 atom stereocenters. The molecule has 2 heterocycles. The fourth-order valence-electron chi connectivity index (χ4n) is 2.22. The molecule has 1 aromatic rings. The lowest BCUT2D eigenvalue weighted by Crippen LogP contribution is -2.40. The average molecular weight is 279 g/mol. The predicted molar refractivity (Wildman–Crippen MR) is 71.7 cm³/mol. The Morgan fingerprint density at radius 1 is 1.35 bits per heavy atom. The van der Waals surface area contributed by atoms with E-state index in [2.05, 4.69) is 10.3 Å². The number of amides is 2. The fraction of sp³-hybridized carbons (Fsp3) is 0.462. The molecule has 1 aromatic heterocycles. The van der Waals surface area contributed by atoms with E-state index in [-0.39, 0.29) is 17.4 Å². The van der Waals surface area contributed by atoms with Crippen LogP contribution in [0.15, 0.2) is 23.1 Å². The van der Waals surface area contributed by atoms with Gasteiger partial charge in [0.05, 0.1) is 5.56 Å². The standard InChI is InChI=1S/C13H17N3O4/c17-11-2-1-10(8-14-11)12(18)15-7-9-3-5-16(6-4-9)13(19)20/h1-2,8-9H,3-7H2,(H,14,17)(H,15,18)(H,19,20). The number of piperidine rings is 1. The third-order valence-corrected chi connectivity index (χ3v) is 3.48. The molecule has 1 saturated heterocycles. The second kappa shape index (κ2) is 6.23. The van der Waals surface area contributed by atoms with E-state index in [4.69, 9.17) is 5.11 Å². The van der Waals surface area contributed by atoms with Gasteiger partial charge in [0.2, 0.25) is 5.56 Å². The monoisotopic (exact) mass is 279 g/mol. The topological polar surface area (TPSA) is 102 Å². The average Bonchev–Trinajstić information content (AvgIpc) is 2.46. The van der Waals surface area contributed by atoms with Crippen molar-refractivity contribution in [3.63, 3.8) is 0 Å². The zero-order chi connectivity index (χ0) is 14.5. The molecule has 0 spiro atoms. The van der Waals surface area contributed by atoms with Crippen molar-refractivity contribution in [1.29, 1.82) is 0 Å². The van der Waals surface area contributed by atoms with Gasteiger partial charge in [0, 0.05) is 31.9 Å². The summed E-state index contributed by atoms with van der Waals surface area (Å²) in [5.74, 6) is 0.0548. The molecular weight excluding hydrogens is 262 g/mol. The zero-order valence-electron chi connectivity index (χ0n) is 11.0. The van der Waals surface area contributed by atoms with Crippen LogP contribution in [0, 0.1) is 5.92 Å². The van der Waals surface area contributed by atoms with E-state index in [0.29, 0.717) is 25.2 Å². The fourth-order valence-corrected chi connectivity index (χ4v) is 2.22. The van der Waals surface area contributed by atoms with Crippen molar-refractivity contribution in [2.75, 3.05) is 19.6 Å². The highest BCUT2D eigenvalue weighted by Crippen LogP contribution is 2.16. The lowest BCUT2D eigenvalue weighted by molar-refractivity contribution is 0.0928. The first-order chi connectivity index (χ1) is 9.56. The number of H-pyrrole nitrogens is 1. The summed E-state index contributed by atoms with van der Waals surface area (Å²) in [6, 6.07) is 2.78. The van der Waals surface area contributed by atoms with Gasteiger partial charge in [-0.3, -0.25) is 9.59 Å². The minimum absolute atomic E-state index is 0.234. The lowest BCUT2D eigenvalue weighted by atomic mass is 9.97. The van der Waals surface area contributed by atoms with E-state index in [1.165, 1.54) is 23.2 Å². The molecule has 0 saturated carbocycles. The number of aromatic amines is 1. The number of rotatable bonds is 3. The lowest BCUT2D eigenvalue weighted by Gasteiger charge is -2.29. The normalized spacial score (nSPS) is 15.9. The molecule has 0 unspecified atom stereocenters. The van der Waals surface area contributed by atoms with Gasteiger partial charge in [-0.1, -0.05) is 0 Å². The number of likely N-dealkylation sites (tertiary alicyclic amines) is 1. The number of carbonyl (C=O) groups excluding carboxylic acids is 1. The summed E-state index contributed by atoms with van der Waals surface area (Å²) < 4.78 is 0. The van der Waals surface area contributed by atoms with Crippen LogP contribution in [0.1, 0.15) is 23.2 Å². The number of hydrogen-bond acceptors (Lipinski definition) is 3. The maximum Gasteiger partial charge on any atom is 0.407 e. The van der Waals surface area contributed by atoms with Gasteiger partial charge >= 0.3 is 6.09 Å². The van der Waals surface area contributed by atoms with Gasteiger partial charge in [-0.05, 0) is 24.8 Å². The summed E-state index contributed by atoms with van der Waals surface area (Å²) in [5.41, 5.74) is 0.162. The SMILES string of the molecule is O=C(NCC1CCN(C(=O)O)CC1)c1ccc(=O)[nH]c1. The Hall–Kier alpha value is -2.31. The highest BCUT2D eigenvalue weighted by molar-refractivity contribution is 5.93. The molecular formula is C13H17N3O4. The first kappa shape index (κ1) is 14.1. The van der Waals surface area contributed by atoms with Crippen molar-refractivity contribution in [1.82, 2.24) is 15.2 Å². The Morgan fingerprint density at radius 3 is 2.60 bits per heavy atom. The van der Waals surface area contributed by atoms with E-state index < -0.39 is 6.09 Å². The summed E-state index contributed by atoms with van der Waals surface area (Å²) in [5, 5.41) is 11.6. The molecule has 0 radical (unpaired) electrons. The Balaban J connectivity index is 1.78. The van der Waals surface area contributed by atoms with Crippen LogP contribution < -0.4 is 10.9 Å². The predicted octanol–water partition coefficient (Wildman–Crippen LogP) is 0.495. The van der Waals surface area contributed by atoms with Gasteiger partial charge in [-0.15, -0.1) is 0 Å². The molecule has 1 fully saturated rings. The van der Waals surface area contributed by atoms with Crippen LogP contribution >= 0.6 is 0 Å². The van der Waals surface area contributed by atoms with Crippen molar-refractivity contribution >= 4 is 12.0 Å². The summed E-state index contributed by atoms with van der Waals surface area (Å²) in [6.45, 7) is 1.54. The van der Waals surface area contributed by atoms with Crippen molar-refractivity contribution in [2.45, 2.75) is 12.8 Å². The maximum absolute atomic E-state index is 11.8. The number of nitrogens with one attached hydrogen (secondary N) is 2. The highest BCUT2D eigenvalue weighted by Gasteiger charge is 2.22. The number of carbonyl (C=O) groups is 2. The number of aromatic nitrogens is 1. The largest absolute Gasteiger partial charge is 0.465 e. The maximum atomic E-state index is 11.8. The summed E-state index contributed by atoms with van der Waals surface area (Å²) in [4.78, 5) is 37.3. The van der Waals surface area contributed by atoms with Crippen LogP contribution in [0.5, 0.6) is 0 Å². The van der Waals surface area contributed by atoms with Crippen LogP contribution in [0.25, 0.3) is 0 Å². The second-order valence-corrected chi connectivity index (χ2v) is 4.86. The minimum Gasteiger partial charge on any atom is -0.465 e. The Labute approximate surface area is 115 Å². The molecule has 7 heteroatoms.